The molecule has 1 unspecified atom stereocenters. The Bertz CT molecular complexity index is 1340. The Balaban J connectivity index is 1.72. The monoisotopic (exact) mass is 544 g/mol. The van der Waals surface area contributed by atoms with Crippen molar-refractivity contribution in [1.29, 1.82) is 0 Å². The number of phenolic OH excluding ortho intramolecular Hbond substituents is 1. The lowest BCUT2D eigenvalue weighted by Crippen LogP contribution is -2.29. The topological polar surface area (TPSA) is 118 Å². The van der Waals surface area contributed by atoms with Crippen LogP contribution in [0.15, 0.2) is 52.0 Å². The molecular weight excluding hydrogens is 528 g/mol. The lowest BCUT2D eigenvalue weighted by Gasteiger charge is -2.24. The largest absolute Gasteiger partial charge is 0.507 e. The second-order valence-corrected chi connectivity index (χ2v) is 9.12. The van der Waals surface area contributed by atoms with Crippen LogP contribution >= 0.6 is 27.3 Å². The Morgan fingerprint density at radius 2 is 1.97 bits per heavy atom. The van der Waals surface area contributed by atoms with E-state index in [4.69, 9.17) is 14.2 Å². The number of carbonyl (C=O) groups is 2. The van der Waals surface area contributed by atoms with Gasteiger partial charge in [-0.15, -0.1) is 11.3 Å². The molecule has 174 valence electrons. The van der Waals surface area contributed by atoms with Gasteiger partial charge in [0.25, 0.3) is 5.78 Å². The van der Waals surface area contributed by atoms with Crippen molar-refractivity contribution < 1.29 is 34.0 Å². The summed E-state index contributed by atoms with van der Waals surface area (Å²) in [5.41, 5.74) is 0.586. The van der Waals surface area contributed by atoms with Crippen molar-refractivity contribution >= 4 is 49.8 Å². The normalized spacial score (nSPS) is 18.9. The van der Waals surface area contributed by atoms with Gasteiger partial charge in [0.15, 0.2) is 28.1 Å². The first kappa shape index (κ1) is 22.2. The third kappa shape index (κ3) is 3.57. The van der Waals surface area contributed by atoms with Crippen molar-refractivity contribution in [2.45, 2.75) is 6.04 Å². The Labute approximate surface area is 206 Å². The summed E-state index contributed by atoms with van der Waals surface area (Å²) in [6.45, 7) is 0.766. The number of benzene rings is 2. The Morgan fingerprint density at radius 3 is 2.68 bits per heavy atom. The summed E-state index contributed by atoms with van der Waals surface area (Å²) in [7, 11) is 1.39. The van der Waals surface area contributed by atoms with E-state index in [0.29, 0.717) is 34.7 Å². The van der Waals surface area contributed by atoms with Gasteiger partial charge in [-0.1, -0.05) is 0 Å². The molecule has 1 saturated heterocycles. The maximum atomic E-state index is 13.2. The molecule has 1 fully saturated rings. The van der Waals surface area contributed by atoms with Crippen LogP contribution in [0.1, 0.15) is 17.2 Å². The molecule has 3 aromatic rings. The van der Waals surface area contributed by atoms with Gasteiger partial charge >= 0.3 is 5.91 Å². The van der Waals surface area contributed by atoms with Crippen LogP contribution < -0.4 is 19.1 Å². The van der Waals surface area contributed by atoms with E-state index in [1.165, 1.54) is 35.6 Å². The van der Waals surface area contributed by atoms with E-state index in [1.54, 1.807) is 29.6 Å². The molecule has 0 aliphatic carbocycles. The number of anilines is 1. The lowest BCUT2D eigenvalue weighted by molar-refractivity contribution is -0.132. The number of aromatic nitrogens is 1. The molecule has 0 saturated carbocycles. The number of carbonyl (C=O) groups excluding carboxylic acids is 2. The van der Waals surface area contributed by atoms with Crippen LogP contribution in [0.4, 0.5) is 5.13 Å². The molecular formula is C23H17BrN2O7S. The molecule has 0 bridgehead atoms. The Morgan fingerprint density at radius 1 is 1.21 bits per heavy atom. The number of phenols is 1. The number of hydrogen-bond acceptors (Lipinski definition) is 9. The van der Waals surface area contributed by atoms with Crippen LogP contribution in [-0.4, -0.2) is 47.2 Å². The molecule has 34 heavy (non-hydrogen) atoms. The second-order valence-electron chi connectivity index (χ2n) is 7.40. The van der Waals surface area contributed by atoms with E-state index in [9.17, 15) is 19.8 Å². The molecule has 2 aliphatic rings. The fraction of sp³-hybridized carbons (Fsp3) is 0.174. The van der Waals surface area contributed by atoms with E-state index >= 15 is 0 Å². The van der Waals surface area contributed by atoms with Crippen molar-refractivity contribution in [3.8, 4) is 23.0 Å². The van der Waals surface area contributed by atoms with Gasteiger partial charge < -0.3 is 24.4 Å². The van der Waals surface area contributed by atoms with E-state index in [2.05, 4.69) is 20.9 Å². The predicted molar refractivity (Wildman–Crippen MR) is 127 cm³/mol. The SMILES string of the molecule is COc1cc(C2C(=C(O)c3ccc4c(c3)OCCO4)C(=O)C(=O)N2c2nccs2)cc(Br)c1O. The van der Waals surface area contributed by atoms with Gasteiger partial charge in [0.1, 0.15) is 19.0 Å². The quantitative estimate of drug-likeness (QED) is 0.287. The number of ether oxygens (including phenoxy) is 3. The summed E-state index contributed by atoms with van der Waals surface area (Å²) in [5.74, 6) is -1.12. The first-order valence-electron chi connectivity index (χ1n) is 10.1. The van der Waals surface area contributed by atoms with Crippen LogP contribution in [0.2, 0.25) is 0 Å². The molecule has 1 atom stereocenters. The fourth-order valence-electron chi connectivity index (χ4n) is 3.93. The number of rotatable bonds is 4. The van der Waals surface area contributed by atoms with Crippen molar-refractivity contribution in [2.75, 3.05) is 25.2 Å². The number of amides is 1. The fourth-order valence-corrected chi connectivity index (χ4v) is 5.06. The first-order chi connectivity index (χ1) is 16.4. The zero-order valence-electron chi connectivity index (χ0n) is 17.6. The number of hydrogen-bond donors (Lipinski definition) is 2. The summed E-state index contributed by atoms with van der Waals surface area (Å²) in [5, 5.41) is 23.5. The smallest absolute Gasteiger partial charge is 0.301 e. The number of fused-ring (bicyclic) bond motifs is 1. The minimum atomic E-state index is -1.02. The molecule has 5 rings (SSSR count). The molecule has 0 spiro atoms. The summed E-state index contributed by atoms with van der Waals surface area (Å²) in [6.07, 6.45) is 1.52. The van der Waals surface area contributed by atoms with Gasteiger partial charge in [0, 0.05) is 17.1 Å². The average molecular weight is 545 g/mol. The molecule has 1 amide bonds. The average Bonchev–Trinajstić information content (AvgIpc) is 3.46. The van der Waals surface area contributed by atoms with Gasteiger partial charge in [0.05, 0.1) is 23.2 Å². The summed E-state index contributed by atoms with van der Waals surface area (Å²) in [4.78, 5) is 31.8. The van der Waals surface area contributed by atoms with Crippen LogP contribution in [-0.2, 0) is 9.59 Å². The highest BCUT2D eigenvalue weighted by Gasteiger charge is 2.48. The maximum Gasteiger partial charge on any atom is 0.301 e. The van der Waals surface area contributed by atoms with E-state index in [-0.39, 0.29) is 33.5 Å². The highest BCUT2D eigenvalue weighted by molar-refractivity contribution is 9.10. The van der Waals surface area contributed by atoms with E-state index in [0.717, 1.165) is 0 Å². The zero-order valence-corrected chi connectivity index (χ0v) is 20.1. The predicted octanol–water partition coefficient (Wildman–Crippen LogP) is 4.02. The lowest BCUT2D eigenvalue weighted by atomic mass is 9.95. The van der Waals surface area contributed by atoms with Crippen molar-refractivity contribution in [2.24, 2.45) is 0 Å². The van der Waals surface area contributed by atoms with E-state index in [1.807, 2.05) is 0 Å². The molecule has 0 radical (unpaired) electrons. The number of nitrogens with zero attached hydrogens (tertiary/aromatic N) is 2. The zero-order chi connectivity index (χ0) is 24.0. The number of halogens is 1. The Hall–Kier alpha value is -3.57. The minimum absolute atomic E-state index is 0.128. The molecule has 9 nitrogen and oxygen atoms in total. The van der Waals surface area contributed by atoms with Crippen LogP contribution in [0.25, 0.3) is 5.76 Å². The van der Waals surface area contributed by atoms with E-state index < -0.39 is 17.7 Å². The number of ketones is 1. The van der Waals surface area contributed by atoms with Crippen LogP contribution in [0.3, 0.4) is 0 Å². The molecule has 2 aromatic carbocycles. The third-order valence-corrected chi connectivity index (χ3v) is 6.85. The minimum Gasteiger partial charge on any atom is -0.507 e. The summed E-state index contributed by atoms with van der Waals surface area (Å²) in [6, 6.07) is 6.83. The molecule has 11 heteroatoms. The summed E-state index contributed by atoms with van der Waals surface area (Å²) < 4.78 is 16.7. The summed E-state index contributed by atoms with van der Waals surface area (Å²) >= 11 is 4.46. The van der Waals surface area contributed by atoms with Gasteiger partial charge in [-0.3, -0.25) is 14.5 Å². The number of methoxy groups -OCH3 is 1. The highest BCUT2D eigenvalue weighted by atomic mass is 79.9. The number of Topliss-reactive ketones (excluding diaryl/α,β-unsaturated/α-hetero) is 1. The number of aliphatic hydroxyl groups excluding tert-OH is 1. The number of thiazole rings is 1. The molecule has 1 aromatic heterocycles. The first-order valence-corrected chi connectivity index (χ1v) is 11.7. The standard InChI is InChI=1S/C23H17BrN2O7S/c1-31-16-10-12(8-13(24)20(16)28)18-17(21(29)22(30)26(18)23-25-4-7-34-23)19(27)11-2-3-14-15(9-11)33-6-5-32-14/h2-4,7-10,18,27-28H,5-6H2,1H3. The molecule has 3 heterocycles. The van der Waals surface area contributed by atoms with Crippen molar-refractivity contribution in [3.63, 3.8) is 0 Å². The Kier molecular flexibility index (Phi) is 5.66. The molecule has 2 aliphatic heterocycles. The van der Waals surface area contributed by atoms with Gasteiger partial charge in [-0.05, 0) is 51.8 Å². The highest BCUT2D eigenvalue weighted by Crippen LogP contribution is 2.46. The number of aliphatic hydroxyl groups is 1. The second kappa shape index (κ2) is 8.65. The van der Waals surface area contributed by atoms with Gasteiger partial charge in [-0.2, -0.15) is 0 Å². The van der Waals surface area contributed by atoms with Gasteiger partial charge in [0.2, 0.25) is 0 Å². The number of aromatic hydroxyl groups is 1. The van der Waals surface area contributed by atoms with Crippen LogP contribution in [0.5, 0.6) is 23.0 Å². The molecule has 2 N–H and O–H groups in total. The van der Waals surface area contributed by atoms with Gasteiger partial charge in [-0.25, -0.2) is 4.98 Å². The van der Waals surface area contributed by atoms with Crippen molar-refractivity contribution in [3.05, 3.63) is 63.1 Å². The van der Waals surface area contributed by atoms with Crippen molar-refractivity contribution in [1.82, 2.24) is 4.98 Å². The van der Waals surface area contributed by atoms with Crippen LogP contribution in [0, 0.1) is 0 Å². The maximum absolute atomic E-state index is 13.2. The third-order valence-electron chi connectivity index (χ3n) is 5.47.